The van der Waals surface area contributed by atoms with Crippen LogP contribution in [-0.4, -0.2) is 47.1 Å². The molecule has 3 rings (SSSR count). The Morgan fingerprint density at radius 3 is 2.22 bits per heavy atom. The average molecular weight is 278 g/mol. The van der Waals surface area contributed by atoms with Gasteiger partial charge in [-0.25, -0.2) is 0 Å². The van der Waals surface area contributed by atoms with Crippen LogP contribution in [0.25, 0.3) is 0 Å². The third-order valence-corrected chi connectivity index (χ3v) is 3.56. The first-order chi connectivity index (χ1) is 8.25. The molecule has 0 aromatic heterocycles. The zero-order chi connectivity index (χ0) is 13.4. The molecular weight excluding hydrogens is 260 g/mol. The average Bonchev–Trinajstić information content (AvgIpc) is 2.28. The zero-order valence-corrected chi connectivity index (χ0v) is 11.4. The lowest BCUT2D eigenvalue weighted by atomic mass is 9.91. The van der Waals surface area contributed by atoms with Crippen LogP contribution in [0.15, 0.2) is 12.2 Å². The Balaban J connectivity index is 1.90. The Hall–Kier alpha value is -0.470. The Kier molecular flexibility index (Phi) is 3.54. The molecule has 6 nitrogen and oxygen atoms in total. The number of fused-ring (bicyclic) bond motifs is 3. The molecule has 0 atom stereocenters. The van der Waals surface area contributed by atoms with Crippen molar-refractivity contribution in [2.45, 2.75) is 19.3 Å². The molecule has 0 aromatic rings. The molecule has 2 bridgehead atoms. The highest BCUT2D eigenvalue weighted by Gasteiger charge is 2.51. The van der Waals surface area contributed by atoms with E-state index in [1.165, 1.54) is 0 Å². The summed E-state index contributed by atoms with van der Waals surface area (Å²) in [4.78, 5) is 0. The maximum absolute atomic E-state index is 10.8. The second kappa shape index (κ2) is 4.57. The van der Waals surface area contributed by atoms with Crippen LogP contribution < -0.4 is 0 Å². The summed E-state index contributed by atoms with van der Waals surface area (Å²) < 4.78 is 43.0. The van der Waals surface area contributed by atoms with E-state index < -0.39 is 16.1 Å². The van der Waals surface area contributed by atoms with Gasteiger partial charge < -0.3 is 14.2 Å². The highest BCUT2D eigenvalue weighted by atomic mass is 32.2. The molecule has 3 saturated heterocycles. The van der Waals surface area contributed by atoms with Crippen LogP contribution in [0, 0.1) is 5.41 Å². The lowest BCUT2D eigenvalue weighted by Gasteiger charge is -2.51. The third kappa shape index (κ3) is 2.92. The fourth-order valence-corrected chi connectivity index (χ4v) is 2.22. The van der Waals surface area contributed by atoms with Gasteiger partial charge in [-0.3, -0.25) is 4.18 Å². The summed E-state index contributed by atoms with van der Waals surface area (Å²) >= 11 is 0. The summed E-state index contributed by atoms with van der Waals surface area (Å²) in [7, 11) is -3.44. The van der Waals surface area contributed by atoms with Gasteiger partial charge in [-0.1, -0.05) is 13.5 Å². The van der Waals surface area contributed by atoms with E-state index in [9.17, 15) is 8.42 Å². The van der Waals surface area contributed by atoms with Gasteiger partial charge >= 0.3 is 5.97 Å². The van der Waals surface area contributed by atoms with Gasteiger partial charge in [0.05, 0.1) is 32.7 Å². The molecule has 0 aromatic carbocycles. The van der Waals surface area contributed by atoms with Crippen molar-refractivity contribution in [3.63, 3.8) is 0 Å². The standard InChI is InChI=1S/C11H18O6S/c1-9(4-5-17-18(3,12)13)11-14-6-10(2,7-15-11)8-16-11/h1,4-8H2,2-3H3. The summed E-state index contributed by atoms with van der Waals surface area (Å²) in [5, 5.41) is 0. The smallest absolute Gasteiger partial charge is 0.307 e. The molecule has 3 aliphatic rings. The topological polar surface area (TPSA) is 71.1 Å². The Bertz CT molecular complexity index is 416. The number of ether oxygens (including phenoxy) is 3. The largest absolute Gasteiger partial charge is 0.323 e. The van der Waals surface area contributed by atoms with Gasteiger partial charge in [-0.15, -0.1) is 0 Å². The van der Waals surface area contributed by atoms with Crippen molar-refractivity contribution in [1.82, 2.24) is 0 Å². The molecule has 18 heavy (non-hydrogen) atoms. The molecule has 7 heteroatoms. The summed E-state index contributed by atoms with van der Waals surface area (Å²) in [6.45, 7) is 7.49. The molecule has 0 N–H and O–H groups in total. The van der Waals surface area contributed by atoms with E-state index in [0.717, 1.165) is 6.26 Å². The van der Waals surface area contributed by atoms with E-state index in [-0.39, 0.29) is 12.0 Å². The summed E-state index contributed by atoms with van der Waals surface area (Å²) in [5.74, 6) is -1.22. The highest BCUT2D eigenvalue weighted by molar-refractivity contribution is 7.85. The molecule has 0 radical (unpaired) electrons. The van der Waals surface area contributed by atoms with Crippen LogP contribution in [0.3, 0.4) is 0 Å². The highest BCUT2D eigenvalue weighted by Crippen LogP contribution is 2.42. The van der Waals surface area contributed by atoms with Crippen LogP contribution in [-0.2, 0) is 28.5 Å². The van der Waals surface area contributed by atoms with Gasteiger partial charge in [-0.05, 0) is 0 Å². The molecule has 0 spiro atoms. The van der Waals surface area contributed by atoms with E-state index in [1.54, 1.807) is 0 Å². The minimum atomic E-state index is -3.44. The number of hydrogen-bond acceptors (Lipinski definition) is 6. The summed E-state index contributed by atoms with van der Waals surface area (Å²) in [5.41, 5.74) is 0.429. The van der Waals surface area contributed by atoms with Crippen LogP contribution >= 0.6 is 0 Å². The van der Waals surface area contributed by atoms with E-state index in [2.05, 4.69) is 10.8 Å². The minimum Gasteiger partial charge on any atom is -0.323 e. The van der Waals surface area contributed by atoms with E-state index in [4.69, 9.17) is 14.2 Å². The SMILES string of the molecule is C=C(CCOS(C)(=O)=O)C12OCC(C)(CO1)CO2. The van der Waals surface area contributed by atoms with Crippen molar-refractivity contribution in [2.75, 3.05) is 32.7 Å². The van der Waals surface area contributed by atoms with Crippen molar-refractivity contribution >= 4 is 10.1 Å². The normalized spacial score (nSPS) is 35.7. The Morgan fingerprint density at radius 2 is 1.78 bits per heavy atom. The molecule has 0 saturated carbocycles. The Morgan fingerprint density at radius 1 is 1.28 bits per heavy atom. The maximum atomic E-state index is 10.8. The van der Waals surface area contributed by atoms with Crippen LogP contribution in [0.4, 0.5) is 0 Å². The van der Waals surface area contributed by atoms with Crippen molar-refractivity contribution in [3.05, 3.63) is 12.2 Å². The lowest BCUT2D eigenvalue weighted by molar-refractivity contribution is -0.447. The van der Waals surface area contributed by atoms with Crippen LogP contribution in [0.1, 0.15) is 13.3 Å². The molecule has 0 aliphatic carbocycles. The van der Waals surface area contributed by atoms with Crippen LogP contribution in [0.5, 0.6) is 0 Å². The molecule has 104 valence electrons. The monoisotopic (exact) mass is 278 g/mol. The molecule has 3 fully saturated rings. The fourth-order valence-electron chi connectivity index (χ4n) is 1.83. The first-order valence-corrected chi connectivity index (χ1v) is 7.51. The van der Waals surface area contributed by atoms with Crippen molar-refractivity contribution < 1.29 is 26.8 Å². The van der Waals surface area contributed by atoms with Crippen molar-refractivity contribution in [3.8, 4) is 0 Å². The van der Waals surface area contributed by atoms with Gasteiger partial charge in [0.1, 0.15) is 0 Å². The predicted molar refractivity (Wildman–Crippen MR) is 63.2 cm³/mol. The molecular formula is C11H18O6S. The number of rotatable bonds is 5. The second-order valence-corrected chi connectivity index (χ2v) is 6.76. The van der Waals surface area contributed by atoms with Crippen molar-refractivity contribution in [1.29, 1.82) is 0 Å². The summed E-state index contributed by atoms with van der Waals surface area (Å²) in [6.07, 6.45) is 1.30. The second-order valence-electron chi connectivity index (χ2n) is 5.11. The quantitative estimate of drug-likeness (QED) is 0.543. The summed E-state index contributed by atoms with van der Waals surface area (Å²) in [6, 6.07) is 0. The van der Waals surface area contributed by atoms with Gasteiger partial charge in [0.2, 0.25) is 0 Å². The molecule has 3 heterocycles. The van der Waals surface area contributed by atoms with Gasteiger partial charge in [0.25, 0.3) is 10.1 Å². The zero-order valence-electron chi connectivity index (χ0n) is 10.6. The predicted octanol–water partition coefficient (Wildman–Crippen LogP) is 0.646. The molecule has 3 aliphatic heterocycles. The van der Waals surface area contributed by atoms with Gasteiger partial charge in [-0.2, -0.15) is 8.42 Å². The third-order valence-electron chi connectivity index (χ3n) is 2.97. The number of hydrogen-bond donors (Lipinski definition) is 0. The van der Waals surface area contributed by atoms with E-state index in [1.807, 2.05) is 6.92 Å². The first kappa shape index (κ1) is 14.0. The maximum Gasteiger partial charge on any atom is 0.307 e. The van der Waals surface area contributed by atoms with Crippen molar-refractivity contribution in [2.24, 2.45) is 5.41 Å². The van der Waals surface area contributed by atoms with E-state index in [0.29, 0.717) is 31.8 Å². The molecule has 0 amide bonds. The Labute approximate surface area is 107 Å². The van der Waals surface area contributed by atoms with Crippen LogP contribution in [0.2, 0.25) is 0 Å². The van der Waals surface area contributed by atoms with Gasteiger partial charge in [0, 0.05) is 17.4 Å². The minimum absolute atomic E-state index is 0.00671. The lowest BCUT2D eigenvalue weighted by Crippen LogP contribution is -2.59. The fraction of sp³-hybridized carbons (Fsp3) is 0.818. The van der Waals surface area contributed by atoms with E-state index >= 15 is 0 Å². The molecule has 0 unspecified atom stereocenters. The van der Waals surface area contributed by atoms with Gasteiger partial charge in [0.15, 0.2) is 0 Å². The first-order valence-electron chi connectivity index (χ1n) is 5.69.